The topological polar surface area (TPSA) is 245 Å². The number of hydrogen-bond acceptors (Lipinski definition) is 7. The highest BCUT2D eigenvalue weighted by Crippen LogP contribution is 0.426. The van der Waals surface area contributed by atoms with Crippen LogP contribution in [0.1, 0.15) is 0 Å². The lowest BCUT2D eigenvalue weighted by molar-refractivity contribution is 1.11. The van der Waals surface area contributed by atoms with E-state index in [1.54, 1.807) is 0 Å². The Morgan fingerprint density at radius 3 is 0.143 bits per heavy atom. The summed E-state index contributed by atoms with van der Waals surface area (Å²) >= 11 is 0. The second kappa shape index (κ2) is 2600. The monoisotopic (exact) mass is 259 g/mol. The van der Waals surface area contributed by atoms with Gasteiger partial charge in [0, 0.05) is 0 Å². The average Bonchev–Trinajstić information content (AvgIpc) is 0. The summed E-state index contributed by atoms with van der Waals surface area (Å²) in [5.41, 5.74) is 0. The number of hydrogen-bond donors (Lipinski definition) is 7. The van der Waals surface area contributed by atoms with E-state index in [9.17, 15) is 0 Å². The Balaban J connectivity index is 0. The molecule has 0 heterocycles. The van der Waals surface area contributed by atoms with Gasteiger partial charge in [-0.15, -0.1) is 0 Å². The van der Waals surface area contributed by atoms with Gasteiger partial charge in [0.25, 0.3) is 0 Å². The Kier molecular flexibility index (Phi) is 620000. The Labute approximate surface area is 77.4 Å². The first-order valence-corrected chi connectivity index (χ1v) is 0. The summed E-state index contributed by atoms with van der Waals surface area (Å²) in [7, 11) is 0. The van der Waals surface area contributed by atoms with Crippen molar-refractivity contribution >= 4 is 0 Å². The SMILES string of the molecule is F.F.F.F.F.F.F.N.N.N.N.N.N.N. The highest BCUT2D eigenvalue weighted by Gasteiger charge is -0.262. The van der Waals surface area contributed by atoms with E-state index in [0.717, 1.165) is 0 Å². The normalized spacial score (nSPS) is 0. The van der Waals surface area contributed by atoms with E-state index < -0.39 is 0 Å². The molecule has 0 aliphatic rings. The van der Waals surface area contributed by atoms with Crippen LogP contribution < -0.4 is 43.1 Å². The van der Waals surface area contributed by atoms with Gasteiger partial charge in [0.2, 0.25) is 0 Å². The van der Waals surface area contributed by atoms with Crippen LogP contribution in [0.25, 0.3) is 0 Å². The lowest BCUT2D eigenvalue weighted by Gasteiger charge is -0.345. The summed E-state index contributed by atoms with van der Waals surface area (Å²) in [5.74, 6) is 0. The standard InChI is InChI=1S/7FH.7H3N/h7*1H;7*1H3. The van der Waals surface area contributed by atoms with Crippen molar-refractivity contribution in [1.29, 1.82) is 0 Å². The van der Waals surface area contributed by atoms with Crippen LogP contribution in [0.15, 0.2) is 0 Å². The van der Waals surface area contributed by atoms with Crippen LogP contribution in [-0.2, 0) is 0 Å². The second-order valence-corrected chi connectivity index (χ2v) is 0. The van der Waals surface area contributed by atoms with Crippen molar-refractivity contribution in [2.45, 2.75) is 0 Å². The van der Waals surface area contributed by atoms with Crippen molar-refractivity contribution in [2.75, 3.05) is 0 Å². The van der Waals surface area contributed by atoms with Gasteiger partial charge in [0.15, 0.2) is 0 Å². The van der Waals surface area contributed by atoms with E-state index in [4.69, 9.17) is 0 Å². The van der Waals surface area contributed by atoms with Gasteiger partial charge in [-0.05, 0) is 0 Å². The highest BCUT2D eigenvalue weighted by atomic mass is 19.0. The average molecular weight is 259 g/mol. The Hall–Kier alpha value is -0.770. The molecule has 0 atom stereocenters. The smallest absolute Gasteiger partial charge is 0.269 e. The molecule has 14 heavy (non-hydrogen) atoms. The molecule has 0 rings (SSSR count). The van der Waals surface area contributed by atoms with E-state index in [2.05, 4.69) is 0 Å². The summed E-state index contributed by atoms with van der Waals surface area (Å²) in [5, 5.41) is 0. The van der Waals surface area contributed by atoms with E-state index in [0.29, 0.717) is 0 Å². The first-order chi connectivity index (χ1) is 0. The van der Waals surface area contributed by atoms with Crippen LogP contribution in [0.4, 0.5) is 32.9 Å². The summed E-state index contributed by atoms with van der Waals surface area (Å²) in [6.07, 6.45) is 0. The zero-order chi connectivity index (χ0) is 0. The van der Waals surface area contributed by atoms with Crippen LogP contribution >= 0.6 is 0 Å². The van der Waals surface area contributed by atoms with Crippen molar-refractivity contribution in [1.82, 2.24) is 43.1 Å². The predicted molar refractivity (Wildman–Crippen MR) is 52.7 cm³/mol. The molecule has 0 spiro atoms. The maximum Gasteiger partial charge on any atom is -0.269 e. The second-order valence-electron chi connectivity index (χ2n) is 0. The number of rotatable bonds is 0. The molecule has 0 aromatic heterocycles. The Morgan fingerprint density at radius 2 is 0.143 bits per heavy atom. The summed E-state index contributed by atoms with van der Waals surface area (Å²) in [6, 6.07) is 0. The third kappa shape index (κ3) is 1980. The molecule has 112 valence electrons. The molecule has 0 aromatic carbocycles. The largest absolute Gasteiger partial charge is 0.344 e. The lowest BCUT2D eigenvalue weighted by Crippen LogP contribution is -0.482. The fourth-order valence-corrected chi connectivity index (χ4v) is 0. The van der Waals surface area contributed by atoms with Crippen LogP contribution in [0.3, 0.4) is 0 Å². The van der Waals surface area contributed by atoms with Crippen molar-refractivity contribution in [2.24, 2.45) is 0 Å². The van der Waals surface area contributed by atoms with E-state index in [-0.39, 0.29) is 76.0 Å². The molecule has 21 N–H and O–H groups in total. The first kappa shape index (κ1) is 3340. The van der Waals surface area contributed by atoms with E-state index in [1.807, 2.05) is 0 Å². The zero-order valence-electron chi connectivity index (χ0n) is 7.81. The molecule has 0 fully saturated rings. The van der Waals surface area contributed by atoms with Crippen LogP contribution in [0.2, 0.25) is 0 Å². The van der Waals surface area contributed by atoms with Crippen molar-refractivity contribution in [3.63, 3.8) is 0 Å². The Morgan fingerprint density at radius 1 is 0.143 bits per heavy atom. The quantitative estimate of drug-likeness (QED) is 0.319. The fraction of sp³-hybridized carbons (Fsp3) is 0. The molecule has 0 unspecified atom stereocenters. The molecule has 0 saturated carbocycles. The molecule has 0 aliphatic heterocycles. The zero-order valence-corrected chi connectivity index (χ0v) is 7.81. The van der Waals surface area contributed by atoms with Gasteiger partial charge < -0.3 is 43.1 Å². The molecule has 14 heteroatoms. The minimum Gasteiger partial charge on any atom is -0.344 e. The van der Waals surface area contributed by atoms with Crippen molar-refractivity contribution in [3.05, 3.63) is 0 Å². The molecule has 0 bridgehead atoms. The summed E-state index contributed by atoms with van der Waals surface area (Å²) < 4.78 is 0. The maximum atomic E-state index is 0. The van der Waals surface area contributed by atoms with Gasteiger partial charge in [-0.3, -0.25) is 32.9 Å². The van der Waals surface area contributed by atoms with E-state index in [1.165, 1.54) is 0 Å². The molecule has 0 aromatic rings. The highest BCUT2D eigenvalue weighted by molar-refractivity contribution is 2.14. The van der Waals surface area contributed by atoms with Crippen molar-refractivity contribution in [3.8, 4) is 0 Å². The Bertz CT molecular complexity index is 14.0. The molecular formula is H28F7N7. The molecule has 7 nitrogen and oxygen atoms in total. The van der Waals surface area contributed by atoms with E-state index >= 15 is 0 Å². The van der Waals surface area contributed by atoms with Gasteiger partial charge in [-0.1, -0.05) is 0 Å². The minimum absolute atomic E-state index is 0. The minimum atomic E-state index is 0. The third-order valence-corrected chi connectivity index (χ3v) is 0. The summed E-state index contributed by atoms with van der Waals surface area (Å²) in [6.45, 7) is 0. The van der Waals surface area contributed by atoms with Gasteiger partial charge >= 0.3 is 0 Å². The predicted octanol–water partition coefficient (Wildman–Crippen LogP) is 2.20. The van der Waals surface area contributed by atoms with Gasteiger partial charge in [-0.25, -0.2) is 0 Å². The summed E-state index contributed by atoms with van der Waals surface area (Å²) in [4.78, 5) is 0. The van der Waals surface area contributed by atoms with Crippen LogP contribution in [0, 0.1) is 0 Å². The maximum absolute atomic E-state index is 0. The molecule has 0 radical (unpaired) electrons. The fourth-order valence-electron chi connectivity index (χ4n) is 0. The van der Waals surface area contributed by atoms with Crippen LogP contribution in [0.5, 0.6) is 0 Å². The molecule has 0 saturated heterocycles. The first-order valence-electron chi connectivity index (χ1n) is 0. The van der Waals surface area contributed by atoms with Gasteiger partial charge in [-0.2, -0.15) is 0 Å². The van der Waals surface area contributed by atoms with Gasteiger partial charge in [0.05, 0.1) is 0 Å². The lowest BCUT2D eigenvalue weighted by atomic mass is 14.0. The van der Waals surface area contributed by atoms with Gasteiger partial charge in [0.1, 0.15) is 0 Å². The van der Waals surface area contributed by atoms with Crippen LogP contribution in [-0.4, -0.2) is 0 Å². The number of halogens is 7. The van der Waals surface area contributed by atoms with Crippen molar-refractivity contribution < 1.29 is 32.9 Å². The third-order valence-electron chi connectivity index (χ3n) is 0. The molecular weight excluding hydrogens is 231 g/mol. The molecule has 0 amide bonds. The molecule has 0 aliphatic carbocycles.